The molecule has 68 valence electrons. The molecule has 0 aromatic rings. The van der Waals surface area contributed by atoms with Crippen molar-refractivity contribution in [2.45, 2.75) is 39.0 Å². The standard InChI is InChI=1S/C10H18N2/c1-8(11)9-6-4-3-5-7-10(9)12-2/h11-12H,3-7H2,1-2H3. The first-order chi connectivity index (χ1) is 5.75. The predicted molar refractivity (Wildman–Crippen MR) is 52.6 cm³/mol. The summed E-state index contributed by atoms with van der Waals surface area (Å²) in [7, 11) is 1.96. The highest BCUT2D eigenvalue weighted by Crippen LogP contribution is 2.22. The minimum Gasteiger partial charge on any atom is -0.391 e. The van der Waals surface area contributed by atoms with Crippen molar-refractivity contribution >= 4 is 5.71 Å². The molecule has 2 nitrogen and oxygen atoms in total. The van der Waals surface area contributed by atoms with Gasteiger partial charge in [0.1, 0.15) is 0 Å². The summed E-state index contributed by atoms with van der Waals surface area (Å²) in [6, 6.07) is 0. The highest BCUT2D eigenvalue weighted by Gasteiger charge is 2.11. The van der Waals surface area contributed by atoms with Crippen LogP contribution < -0.4 is 5.32 Å². The van der Waals surface area contributed by atoms with Crippen LogP contribution in [0.2, 0.25) is 0 Å². The predicted octanol–water partition coefficient (Wildman–Crippen LogP) is 2.46. The van der Waals surface area contributed by atoms with Crippen LogP contribution in [0.25, 0.3) is 0 Å². The molecule has 0 heterocycles. The molecule has 0 saturated heterocycles. The Bertz CT molecular complexity index is 204. The Morgan fingerprint density at radius 1 is 1.25 bits per heavy atom. The molecule has 2 heteroatoms. The minimum atomic E-state index is 0.737. The maximum absolute atomic E-state index is 7.62. The third-order valence-corrected chi connectivity index (χ3v) is 2.47. The lowest BCUT2D eigenvalue weighted by Crippen LogP contribution is -2.11. The van der Waals surface area contributed by atoms with Gasteiger partial charge in [-0.05, 0) is 38.2 Å². The molecule has 0 aromatic heterocycles. The van der Waals surface area contributed by atoms with Crippen molar-refractivity contribution in [2.24, 2.45) is 0 Å². The van der Waals surface area contributed by atoms with Gasteiger partial charge in [0.25, 0.3) is 0 Å². The summed E-state index contributed by atoms with van der Waals surface area (Å²) in [5, 5.41) is 10.8. The van der Waals surface area contributed by atoms with Gasteiger partial charge >= 0.3 is 0 Å². The average molecular weight is 166 g/mol. The Balaban J connectivity index is 2.81. The Hall–Kier alpha value is -0.790. The maximum Gasteiger partial charge on any atom is 0.0332 e. The molecule has 1 aliphatic rings. The smallest absolute Gasteiger partial charge is 0.0332 e. The van der Waals surface area contributed by atoms with E-state index in [1.807, 2.05) is 14.0 Å². The first-order valence-corrected chi connectivity index (χ1v) is 4.71. The maximum atomic E-state index is 7.62. The number of hydrogen-bond donors (Lipinski definition) is 2. The molecule has 1 aliphatic carbocycles. The third kappa shape index (κ3) is 2.10. The van der Waals surface area contributed by atoms with Crippen LogP contribution in [0.1, 0.15) is 39.0 Å². The first kappa shape index (κ1) is 9.30. The molecule has 0 bridgehead atoms. The van der Waals surface area contributed by atoms with E-state index in [1.165, 1.54) is 30.5 Å². The summed E-state index contributed by atoms with van der Waals surface area (Å²) in [6.45, 7) is 1.89. The van der Waals surface area contributed by atoms with Gasteiger partial charge in [-0.15, -0.1) is 0 Å². The lowest BCUT2D eigenvalue weighted by Gasteiger charge is -2.10. The number of nitrogens with one attached hydrogen (secondary N) is 2. The topological polar surface area (TPSA) is 35.9 Å². The van der Waals surface area contributed by atoms with E-state index < -0.39 is 0 Å². The van der Waals surface area contributed by atoms with Crippen LogP contribution in [-0.2, 0) is 0 Å². The molecule has 2 N–H and O–H groups in total. The summed E-state index contributed by atoms with van der Waals surface area (Å²) in [5.74, 6) is 0. The highest BCUT2D eigenvalue weighted by molar-refractivity contribution is 5.96. The second-order valence-electron chi connectivity index (χ2n) is 3.39. The second kappa shape index (κ2) is 4.29. The van der Waals surface area contributed by atoms with Crippen LogP contribution in [0.3, 0.4) is 0 Å². The lowest BCUT2D eigenvalue weighted by atomic mass is 10.0. The zero-order valence-corrected chi connectivity index (χ0v) is 8.04. The fourth-order valence-electron chi connectivity index (χ4n) is 1.77. The van der Waals surface area contributed by atoms with E-state index in [1.54, 1.807) is 0 Å². The molecule has 1 rings (SSSR count). The quantitative estimate of drug-likeness (QED) is 0.607. The fraction of sp³-hybridized carbons (Fsp3) is 0.700. The van der Waals surface area contributed by atoms with Crippen molar-refractivity contribution in [2.75, 3.05) is 7.05 Å². The highest BCUT2D eigenvalue weighted by atomic mass is 14.8. The monoisotopic (exact) mass is 166 g/mol. The molecular weight excluding hydrogens is 148 g/mol. The van der Waals surface area contributed by atoms with E-state index in [-0.39, 0.29) is 0 Å². The molecule has 12 heavy (non-hydrogen) atoms. The number of allylic oxidation sites excluding steroid dienone is 2. The van der Waals surface area contributed by atoms with Crippen molar-refractivity contribution in [3.63, 3.8) is 0 Å². The molecule has 0 radical (unpaired) electrons. The fourth-order valence-corrected chi connectivity index (χ4v) is 1.77. The first-order valence-electron chi connectivity index (χ1n) is 4.71. The summed E-state index contributed by atoms with van der Waals surface area (Å²) in [6.07, 6.45) is 6.04. The molecule has 0 spiro atoms. The summed E-state index contributed by atoms with van der Waals surface area (Å²) in [4.78, 5) is 0. The van der Waals surface area contributed by atoms with Crippen LogP contribution in [0.5, 0.6) is 0 Å². The van der Waals surface area contributed by atoms with Crippen LogP contribution in [-0.4, -0.2) is 12.8 Å². The Kier molecular flexibility index (Phi) is 3.32. The second-order valence-corrected chi connectivity index (χ2v) is 3.39. The summed E-state index contributed by atoms with van der Waals surface area (Å²) >= 11 is 0. The van der Waals surface area contributed by atoms with Gasteiger partial charge in [0.2, 0.25) is 0 Å². The van der Waals surface area contributed by atoms with Crippen LogP contribution in [0.4, 0.5) is 0 Å². The van der Waals surface area contributed by atoms with E-state index >= 15 is 0 Å². The molecule has 0 amide bonds. The van der Waals surface area contributed by atoms with Gasteiger partial charge in [-0.1, -0.05) is 6.42 Å². The lowest BCUT2D eigenvalue weighted by molar-refractivity contribution is 0.698. The van der Waals surface area contributed by atoms with Crippen LogP contribution in [0, 0.1) is 5.41 Å². The van der Waals surface area contributed by atoms with Crippen molar-refractivity contribution in [3.8, 4) is 0 Å². The largest absolute Gasteiger partial charge is 0.391 e. The average Bonchev–Trinajstić information content (AvgIpc) is 2.27. The molecule has 0 atom stereocenters. The molecule has 0 aliphatic heterocycles. The molecular formula is C10H18N2. The SMILES string of the molecule is CNC1=C(C(C)=N)CCCCC1. The number of rotatable bonds is 2. The minimum absolute atomic E-state index is 0.737. The van der Waals surface area contributed by atoms with E-state index in [4.69, 9.17) is 5.41 Å². The van der Waals surface area contributed by atoms with E-state index in [2.05, 4.69) is 5.32 Å². The van der Waals surface area contributed by atoms with Gasteiger partial charge in [-0.2, -0.15) is 0 Å². The van der Waals surface area contributed by atoms with Gasteiger partial charge in [0.05, 0.1) is 0 Å². The van der Waals surface area contributed by atoms with Gasteiger partial charge in [0.15, 0.2) is 0 Å². The molecule has 0 unspecified atom stereocenters. The number of hydrogen-bond acceptors (Lipinski definition) is 2. The Morgan fingerprint density at radius 2 is 1.92 bits per heavy atom. The summed E-state index contributed by atoms with van der Waals surface area (Å²) in [5.41, 5.74) is 3.27. The van der Waals surface area contributed by atoms with Crippen LogP contribution >= 0.6 is 0 Å². The Labute approximate surface area is 74.6 Å². The zero-order chi connectivity index (χ0) is 8.97. The van der Waals surface area contributed by atoms with E-state index in [0.717, 1.165) is 18.6 Å². The van der Waals surface area contributed by atoms with E-state index in [9.17, 15) is 0 Å². The third-order valence-electron chi connectivity index (χ3n) is 2.47. The zero-order valence-electron chi connectivity index (χ0n) is 8.04. The van der Waals surface area contributed by atoms with Gasteiger partial charge < -0.3 is 10.7 Å². The summed E-state index contributed by atoms with van der Waals surface area (Å²) < 4.78 is 0. The molecule has 0 saturated carbocycles. The molecule has 0 fully saturated rings. The van der Waals surface area contributed by atoms with Gasteiger partial charge in [0, 0.05) is 18.5 Å². The van der Waals surface area contributed by atoms with E-state index in [0.29, 0.717) is 0 Å². The molecule has 0 aromatic carbocycles. The van der Waals surface area contributed by atoms with Crippen molar-refractivity contribution in [3.05, 3.63) is 11.3 Å². The van der Waals surface area contributed by atoms with Gasteiger partial charge in [-0.25, -0.2) is 0 Å². The van der Waals surface area contributed by atoms with Gasteiger partial charge in [-0.3, -0.25) is 0 Å². The van der Waals surface area contributed by atoms with Crippen molar-refractivity contribution in [1.82, 2.24) is 5.32 Å². The van der Waals surface area contributed by atoms with Crippen molar-refractivity contribution < 1.29 is 0 Å². The van der Waals surface area contributed by atoms with Crippen LogP contribution in [0.15, 0.2) is 11.3 Å². The van der Waals surface area contributed by atoms with Crippen molar-refractivity contribution in [1.29, 1.82) is 5.41 Å². The normalized spacial score (nSPS) is 18.8. The Morgan fingerprint density at radius 3 is 2.50 bits per heavy atom.